The Hall–Kier alpha value is -4.48. The van der Waals surface area contributed by atoms with Crippen molar-refractivity contribution in [3.05, 3.63) is 60.4 Å². The van der Waals surface area contributed by atoms with Crippen LogP contribution >= 0.6 is 7.75 Å². The van der Waals surface area contributed by atoms with Crippen LogP contribution in [0.5, 0.6) is 5.75 Å². The number of esters is 3. The van der Waals surface area contributed by atoms with Gasteiger partial charge in [0.1, 0.15) is 30.6 Å². The van der Waals surface area contributed by atoms with Crippen LogP contribution in [0, 0.1) is 23.2 Å². The number of nitriles is 1. The molecule has 1 aliphatic rings. The Morgan fingerprint density at radius 3 is 2.36 bits per heavy atom. The second-order valence-electron chi connectivity index (χ2n) is 12.5. The first-order chi connectivity index (χ1) is 23.7. The summed E-state index contributed by atoms with van der Waals surface area (Å²) in [5, 5.41) is 17.7. The fourth-order valence-electron chi connectivity index (χ4n) is 4.97. The van der Waals surface area contributed by atoms with E-state index in [2.05, 4.69) is 10.2 Å². The molecule has 1 saturated heterocycles. The van der Waals surface area contributed by atoms with Crippen molar-refractivity contribution in [3.8, 4) is 11.8 Å². The maximum Gasteiger partial charge on any atom is 0.459 e. The van der Waals surface area contributed by atoms with E-state index in [0.717, 1.165) is 6.42 Å². The van der Waals surface area contributed by atoms with Gasteiger partial charge in [-0.2, -0.15) is 15.4 Å². The molecule has 0 amide bonds. The van der Waals surface area contributed by atoms with Gasteiger partial charge in [-0.3, -0.25) is 18.9 Å². The first-order valence-corrected chi connectivity index (χ1v) is 17.9. The van der Waals surface area contributed by atoms with Crippen molar-refractivity contribution in [2.45, 2.75) is 84.3 Å². The van der Waals surface area contributed by atoms with E-state index in [1.54, 1.807) is 64.1 Å². The van der Waals surface area contributed by atoms with Gasteiger partial charge >= 0.3 is 25.7 Å². The van der Waals surface area contributed by atoms with Gasteiger partial charge in [-0.25, -0.2) is 9.08 Å². The van der Waals surface area contributed by atoms with Crippen LogP contribution in [-0.2, 0) is 42.4 Å². The lowest BCUT2D eigenvalue weighted by atomic mass is 9.95. The smallest absolute Gasteiger partial charge is 0.459 e. The van der Waals surface area contributed by atoms with Crippen LogP contribution in [0.15, 0.2) is 54.7 Å². The number of carbonyl (C=O) groups excluding carboxylic acids is 3. The number of rotatable bonds is 16. The molecule has 270 valence electrons. The molecule has 0 spiro atoms. The van der Waals surface area contributed by atoms with E-state index < -0.39 is 74.1 Å². The van der Waals surface area contributed by atoms with Crippen LogP contribution in [0.25, 0.3) is 5.52 Å². The highest BCUT2D eigenvalue weighted by Crippen LogP contribution is 2.50. The average molecular weight is 714 g/mol. The molecule has 0 aliphatic carbocycles. The van der Waals surface area contributed by atoms with E-state index in [1.807, 2.05) is 13.0 Å². The Morgan fingerprint density at radius 2 is 1.72 bits per heavy atom. The number of hydrogen-bond acceptors (Lipinski definition) is 13. The predicted molar refractivity (Wildman–Crippen MR) is 180 cm³/mol. The maximum atomic E-state index is 14.4. The number of unbranched alkanes of at least 4 members (excludes halogenated alkanes) is 1. The number of anilines is 1. The van der Waals surface area contributed by atoms with Crippen LogP contribution in [0.4, 0.5) is 5.69 Å². The van der Waals surface area contributed by atoms with Crippen LogP contribution in [0.3, 0.4) is 0 Å². The zero-order chi connectivity index (χ0) is 36.6. The number of ether oxygens (including phenoxy) is 4. The number of nitrogens with zero attached hydrogens (tertiary/aromatic N) is 3. The third-order valence-electron chi connectivity index (χ3n) is 7.79. The molecule has 3 heterocycles. The van der Waals surface area contributed by atoms with Crippen molar-refractivity contribution < 1.29 is 46.9 Å². The minimum absolute atomic E-state index is 0.126. The summed E-state index contributed by atoms with van der Waals surface area (Å²) in [5.41, 5.74) is 5.16. The Labute approximate surface area is 290 Å². The van der Waals surface area contributed by atoms with Crippen LogP contribution in [0.2, 0.25) is 0 Å². The van der Waals surface area contributed by atoms with E-state index >= 15 is 0 Å². The highest BCUT2D eigenvalue weighted by Gasteiger charge is 2.62. The van der Waals surface area contributed by atoms with Crippen molar-refractivity contribution >= 4 is 36.9 Å². The molecule has 1 aliphatic heterocycles. The number of nitrogen functional groups attached to an aromatic ring is 1. The SMILES string of the molecule is CCCCOC(=O)[C@H](C)N[P@](=O)(OC[C@@]1(C#N)O[C@@H](c2ccc3c(N)ccnn23)[C@H](OC(=O)C(C)C)[C@@H]1OC(=O)C(C)C)Oc1ccccc1. The Balaban J connectivity index is 1.77. The van der Waals surface area contributed by atoms with Crippen LogP contribution in [-0.4, -0.2) is 64.6 Å². The molecule has 0 saturated carbocycles. The number of aromatic nitrogens is 2. The Kier molecular flexibility index (Phi) is 12.6. The van der Waals surface area contributed by atoms with E-state index in [4.69, 9.17) is 33.7 Å². The van der Waals surface area contributed by atoms with Crippen molar-refractivity contribution in [2.75, 3.05) is 18.9 Å². The number of nitrogens with one attached hydrogen (secondary N) is 1. The molecule has 1 aromatic carbocycles. The van der Waals surface area contributed by atoms with Crippen molar-refractivity contribution in [1.82, 2.24) is 14.7 Å². The number of hydrogen-bond donors (Lipinski definition) is 2. The Bertz CT molecular complexity index is 1740. The number of fused-ring (bicyclic) bond motifs is 1. The fraction of sp³-hybridized carbons (Fsp3) is 0.500. The summed E-state index contributed by atoms with van der Waals surface area (Å²) in [6, 6.07) is 13.8. The van der Waals surface area contributed by atoms with Gasteiger partial charge in [-0.15, -0.1) is 0 Å². The van der Waals surface area contributed by atoms with Crippen molar-refractivity contribution in [3.63, 3.8) is 0 Å². The van der Waals surface area contributed by atoms with Gasteiger partial charge in [0.25, 0.3) is 0 Å². The summed E-state index contributed by atoms with van der Waals surface area (Å²) in [7, 11) is -4.53. The molecule has 0 radical (unpaired) electrons. The minimum atomic E-state index is -4.53. The summed E-state index contributed by atoms with van der Waals surface area (Å²) in [6.07, 6.45) is -1.35. The molecule has 1 fully saturated rings. The summed E-state index contributed by atoms with van der Waals surface area (Å²) in [4.78, 5) is 39.0. The summed E-state index contributed by atoms with van der Waals surface area (Å²) < 4.78 is 51.0. The minimum Gasteiger partial charge on any atom is -0.465 e. The largest absolute Gasteiger partial charge is 0.465 e. The van der Waals surface area contributed by atoms with Gasteiger partial charge in [0.15, 0.2) is 12.2 Å². The summed E-state index contributed by atoms with van der Waals surface area (Å²) in [6.45, 7) is 9.12. The summed E-state index contributed by atoms with van der Waals surface area (Å²) in [5.74, 6) is -3.23. The van der Waals surface area contributed by atoms with E-state index in [-0.39, 0.29) is 12.4 Å². The topological polar surface area (TPSA) is 203 Å². The normalized spacial score (nSPS) is 22.1. The standard InChI is InChI=1S/C34H44N5O10P/c1-7-8-18-44-33(42)23(6)38-50(43,49-24-12-10-9-11-13-24)45-20-34(19-35)30(47-32(41)22(4)5)29(46-31(40)21(2)3)28(48-34)27-15-14-26-25(36)16-17-37-39(26)27/h9-17,21-23,28-30H,7-8,18,20,36H2,1-6H3,(H,38,43)/t23-,28-,29-,30-,34+,50-/m0/s1. The molecule has 3 aromatic rings. The molecule has 0 unspecified atom stereocenters. The molecule has 0 bridgehead atoms. The maximum absolute atomic E-state index is 14.4. The van der Waals surface area contributed by atoms with E-state index in [1.165, 1.54) is 29.8 Å². The van der Waals surface area contributed by atoms with Crippen molar-refractivity contribution in [2.24, 2.45) is 11.8 Å². The van der Waals surface area contributed by atoms with Gasteiger partial charge < -0.3 is 29.2 Å². The second kappa shape index (κ2) is 16.5. The lowest BCUT2D eigenvalue weighted by Crippen LogP contribution is -2.50. The van der Waals surface area contributed by atoms with Gasteiger partial charge in [0.05, 0.1) is 35.3 Å². The molecule has 4 rings (SSSR count). The van der Waals surface area contributed by atoms with Gasteiger partial charge in [-0.1, -0.05) is 59.2 Å². The van der Waals surface area contributed by atoms with Gasteiger partial charge in [-0.05, 0) is 43.7 Å². The molecule has 16 heteroatoms. The lowest BCUT2D eigenvalue weighted by Gasteiger charge is -2.31. The average Bonchev–Trinajstić information content (AvgIpc) is 3.64. The third kappa shape index (κ3) is 8.81. The van der Waals surface area contributed by atoms with E-state index in [0.29, 0.717) is 23.3 Å². The fourth-order valence-corrected chi connectivity index (χ4v) is 6.49. The van der Waals surface area contributed by atoms with Crippen molar-refractivity contribution in [1.29, 1.82) is 5.26 Å². The molecule has 3 N–H and O–H groups in total. The number of carbonyl (C=O) groups is 3. The zero-order valence-electron chi connectivity index (χ0n) is 28.9. The molecule has 50 heavy (non-hydrogen) atoms. The molecule has 15 nitrogen and oxygen atoms in total. The lowest BCUT2D eigenvalue weighted by molar-refractivity contribution is -0.173. The number of nitrogens with two attached hydrogens (primary N) is 1. The molecule has 2 aromatic heterocycles. The van der Waals surface area contributed by atoms with Crippen LogP contribution < -0.4 is 15.3 Å². The molecular weight excluding hydrogens is 669 g/mol. The van der Waals surface area contributed by atoms with Gasteiger partial charge in [0, 0.05) is 6.20 Å². The van der Waals surface area contributed by atoms with Crippen LogP contribution in [0.1, 0.15) is 66.2 Å². The predicted octanol–water partition coefficient (Wildman–Crippen LogP) is 4.91. The highest BCUT2D eigenvalue weighted by atomic mass is 31.2. The number of para-hydroxylation sites is 1. The summed E-state index contributed by atoms with van der Waals surface area (Å²) >= 11 is 0. The first-order valence-electron chi connectivity index (χ1n) is 16.4. The zero-order valence-corrected chi connectivity index (χ0v) is 29.8. The monoisotopic (exact) mass is 713 g/mol. The van der Waals surface area contributed by atoms with Gasteiger partial charge in [0.2, 0.25) is 5.60 Å². The third-order valence-corrected chi connectivity index (χ3v) is 9.42. The highest BCUT2D eigenvalue weighted by molar-refractivity contribution is 7.52. The molecule has 6 atom stereocenters. The quantitative estimate of drug-likeness (QED) is 0.0877. The van der Waals surface area contributed by atoms with E-state index in [9.17, 15) is 24.2 Å². The number of benzene rings is 1. The second-order valence-corrected chi connectivity index (χ2v) is 14.2. The Morgan fingerprint density at radius 1 is 1.04 bits per heavy atom. The molecular formula is C34H44N5O10P. The first kappa shape index (κ1) is 38.3.